The number of ketones is 2. The van der Waals surface area contributed by atoms with E-state index in [2.05, 4.69) is 20.6 Å². The maximum atomic E-state index is 13.3. The molecule has 0 aliphatic carbocycles. The molecule has 0 aromatic heterocycles. The smallest absolute Gasteiger partial charge is 0.369 e. The Morgan fingerprint density at radius 3 is 1.38 bits per heavy atom. The summed E-state index contributed by atoms with van der Waals surface area (Å²) in [5.74, 6) is -13.0. The maximum absolute atomic E-state index is 13.3. The van der Waals surface area contributed by atoms with E-state index in [1.165, 1.54) is 11.9 Å². The number of anilines is 1. The number of rotatable bonds is 18. The van der Waals surface area contributed by atoms with E-state index in [-0.39, 0.29) is 13.8 Å². The van der Waals surface area contributed by atoms with Crippen LogP contribution in [0.1, 0.15) is 93.5 Å². The number of Topliss-reactive ketones (excluding diaryl/α,β-unsaturated/α-hetero) is 2. The lowest BCUT2D eigenvalue weighted by Crippen LogP contribution is -2.49. The van der Waals surface area contributed by atoms with Gasteiger partial charge in [-0.25, -0.2) is 4.99 Å². The Morgan fingerprint density at radius 2 is 0.923 bits per heavy atom. The van der Waals surface area contributed by atoms with Gasteiger partial charge in [0.25, 0.3) is 5.91 Å². The largest absolute Gasteiger partial charge is 0.389 e. The van der Waals surface area contributed by atoms with Gasteiger partial charge in [-0.2, -0.15) is 52.7 Å². The first-order chi connectivity index (χ1) is 35.9. The molecule has 0 radical (unpaired) electrons. The summed E-state index contributed by atoms with van der Waals surface area (Å²) in [5, 5.41) is 4.60. The van der Waals surface area contributed by atoms with Crippen LogP contribution in [0, 0.1) is 23.7 Å². The molecule has 2 aliphatic heterocycles. The molecule has 4 amide bonds. The van der Waals surface area contributed by atoms with E-state index in [0.717, 1.165) is 6.92 Å². The van der Waals surface area contributed by atoms with Crippen LogP contribution in [0.5, 0.6) is 0 Å². The Labute approximate surface area is 440 Å². The number of alkyl halides is 12. The Balaban J connectivity index is 0.000000332. The van der Waals surface area contributed by atoms with Crippen LogP contribution in [0.3, 0.4) is 0 Å². The second-order valence-corrected chi connectivity index (χ2v) is 18.3. The lowest BCUT2D eigenvalue weighted by Gasteiger charge is -2.27. The molecule has 12 nitrogen and oxygen atoms in total. The van der Waals surface area contributed by atoms with E-state index in [0.29, 0.717) is 44.9 Å². The highest BCUT2D eigenvalue weighted by Crippen LogP contribution is 2.36. The molecule has 4 aromatic carbocycles. The molecule has 2 aliphatic rings. The van der Waals surface area contributed by atoms with Gasteiger partial charge in [-0.05, 0) is 44.2 Å². The van der Waals surface area contributed by atoms with Gasteiger partial charge in [0.2, 0.25) is 23.9 Å². The van der Waals surface area contributed by atoms with Crippen molar-refractivity contribution in [3.63, 3.8) is 0 Å². The number of primary amides is 1. The predicted octanol–water partition coefficient (Wildman–Crippen LogP) is 10.6. The molecule has 0 saturated heterocycles. The number of fused-ring (bicyclic) bond motifs is 2. The Kier molecular flexibility index (Phi) is 21.7. The number of hydrogen-bond acceptors (Lipinski definition) is 8. The summed E-state index contributed by atoms with van der Waals surface area (Å²) in [6.45, 7) is 0.932. The summed E-state index contributed by atoms with van der Waals surface area (Å²) in [6, 6.07) is 31.0. The Hall–Kier alpha value is -7.40. The van der Waals surface area contributed by atoms with Crippen molar-refractivity contribution < 1.29 is 81.5 Å². The van der Waals surface area contributed by atoms with Gasteiger partial charge in [0.1, 0.15) is 5.78 Å². The van der Waals surface area contributed by atoms with Crippen molar-refractivity contribution in [1.82, 2.24) is 10.6 Å². The summed E-state index contributed by atoms with van der Waals surface area (Å²) in [7, 11) is 1.44. The Bertz CT molecular complexity index is 2800. The molecule has 2 heterocycles. The summed E-state index contributed by atoms with van der Waals surface area (Å²) in [6.07, 6.45) is -32.0. The number of nitrogens with one attached hydrogen (secondary N) is 2. The topological polar surface area (TPSA) is 180 Å². The third kappa shape index (κ3) is 18.4. The molecule has 422 valence electrons. The van der Waals surface area contributed by atoms with Crippen molar-refractivity contribution in [2.24, 2.45) is 39.4 Å². The summed E-state index contributed by atoms with van der Waals surface area (Å²) < 4.78 is 155. The number of likely N-dealkylation sites (N-methyl/N-ethyl adjacent to an activating group) is 1. The molecule has 0 unspecified atom stereocenters. The molecule has 0 saturated carbocycles. The van der Waals surface area contributed by atoms with Crippen LogP contribution in [0.15, 0.2) is 119 Å². The van der Waals surface area contributed by atoms with Gasteiger partial charge >= 0.3 is 24.7 Å². The number of carbonyl (C=O) groups is 6. The zero-order chi connectivity index (χ0) is 57.0. The van der Waals surface area contributed by atoms with Gasteiger partial charge in [-0.15, -0.1) is 0 Å². The van der Waals surface area contributed by atoms with Gasteiger partial charge < -0.3 is 21.3 Å². The average molecular weight is 1110 g/mol. The highest BCUT2D eigenvalue weighted by Gasteiger charge is 2.43. The quantitative estimate of drug-likeness (QED) is 0.0834. The fourth-order valence-corrected chi connectivity index (χ4v) is 8.86. The van der Waals surface area contributed by atoms with Crippen molar-refractivity contribution >= 4 is 52.3 Å². The molecule has 0 bridgehead atoms. The third-order valence-corrected chi connectivity index (χ3v) is 12.7. The highest BCUT2D eigenvalue weighted by molar-refractivity contribution is 6.20. The number of benzodiazepines with no additional fused rings is 1. The fraction of sp³-hybridized carbons (Fsp3) is 0.407. The summed E-state index contributed by atoms with van der Waals surface area (Å²) in [4.78, 5) is 87.2. The van der Waals surface area contributed by atoms with Gasteiger partial charge in [0.05, 0.1) is 17.1 Å². The molecule has 6 rings (SSSR count). The first kappa shape index (κ1) is 63.1. The number of benzene rings is 4. The van der Waals surface area contributed by atoms with E-state index in [1.807, 2.05) is 0 Å². The number of aliphatic imine (C=N–C) groups is 2. The van der Waals surface area contributed by atoms with Gasteiger partial charge in [0, 0.05) is 85.1 Å². The molecule has 0 spiro atoms. The van der Waals surface area contributed by atoms with E-state index in [9.17, 15) is 81.5 Å². The second kappa shape index (κ2) is 26.8. The number of nitrogens with two attached hydrogens (primary N) is 1. The second-order valence-electron chi connectivity index (χ2n) is 18.3. The van der Waals surface area contributed by atoms with Crippen LogP contribution in [-0.4, -0.2) is 90.7 Å². The monoisotopic (exact) mass is 1110 g/mol. The number of hydrogen-bond donors (Lipinski definition) is 3. The molecule has 0 fully saturated rings. The van der Waals surface area contributed by atoms with E-state index >= 15 is 0 Å². The molecule has 78 heavy (non-hydrogen) atoms. The van der Waals surface area contributed by atoms with E-state index in [1.54, 1.807) is 109 Å². The van der Waals surface area contributed by atoms with Crippen molar-refractivity contribution in [2.45, 2.75) is 109 Å². The van der Waals surface area contributed by atoms with Crippen LogP contribution in [0.2, 0.25) is 0 Å². The van der Waals surface area contributed by atoms with Crippen molar-refractivity contribution in [3.8, 4) is 0 Å². The first-order valence-corrected chi connectivity index (χ1v) is 23.8. The molecule has 6 atom stereocenters. The maximum Gasteiger partial charge on any atom is 0.389 e. The van der Waals surface area contributed by atoms with E-state index in [4.69, 9.17) is 5.73 Å². The summed E-state index contributed by atoms with van der Waals surface area (Å²) in [5.41, 5.74) is 9.30. The van der Waals surface area contributed by atoms with Crippen LogP contribution >= 0.6 is 0 Å². The number of amides is 4. The highest BCUT2D eigenvalue weighted by atomic mass is 19.4. The van der Waals surface area contributed by atoms with Crippen LogP contribution in [0.4, 0.5) is 58.4 Å². The number of carbonyl (C=O) groups excluding carboxylic acids is 6. The van der Waals surface area contributed by atoms with Crippen molar-refractivity contribution in [1.29, 1.82) is 0 Å². The standard InChI is InChI=1S/C27H27F6N3O3.C26H25F6N3O3.CH4/c1-16(37)18(12-14-26(28,29)30)19(13-15-27(31,32)33)24(38)35-23-25(39)36(2)21-11-7-6-10-20(21)22(34-23)17-8-4-3-5-9-17;27-25(28,29)12-10-18(22(33)37)19(11-13-26(30,31)32)24(38)35-23-20(36)14-16-8-4-5-9-17(16)21(34-23)15-6-2-1-3-7-15;/h3-11,18-19,23H,12-15H2,1-2H3,(H,35,38);1-9,18-19,23H,10-14H2,(H2,33,37)(H,35,38);1H4/t18-,19-,23-;18-,19+,23+;/m10./s1. The van der Waals surface area contributed by atoms with Gasteiger partial charge in [0.15, 0.2) is 11.9 Å². The van der Waals surface area contributed by atoms with Crippen LogP contribution in [0.25, 0.3) is 0 Å². The molecule has 4 N–H and O–H groups in total. The number of nitrogens with zero attached hydrogens (tertiary/aromatic N) is 3. The fourth-order valence-electron chi connectivity index (χ4n) is 8.86. The molecular formula is C54H56F12N6O6. The van der Waals surface area contributed by atoms with Gasteiger partial charge in [-0.1, -0.05) is 111 Å². The van der Waals surface area contributed by atoms with Crippen LogP contribution < -0.4 is 21.3 Å². The van der Waals surface area contributed by atoms with Crippen molar-refractivity contribution in [3.05, 3.63) is 137 Å². The third-order valence-electron chi connectivity index (χ3n) is 12.7. The normalized spacial score (nSPS) is 17.3. The lowest BCUT2D eigenvalue weighted by atomic mass is 9.81. The zero-order valence-corrected chi connectivity index (χ0v) is 41.1. The first-order valence-electron chi connectivity index (χ1n) is 23.8. The minimum absolute atomic E-state index is 0. The zero-order valence-electron chi connectivity index (χ0n) is 41.1. The molecule has 24 heteroatoms. The van der Waals surface area contributed by atoms with E-state index < -0.39 is 147 Å². The van der Waals surface area contributed by atoms with Crippen LogP contribution in [-0.2, 0) is 35.2 Å². The molecule has 4 aromatic rings. The SMILES string of the molecule is C.CC(=O)[C@@H](CCC(F)(F)F)[C@@H](CCC(F)(F)F)C(=O)N[C@H]1N=C(c2ccccc2)c2ccccc2N(C)C1=O.NC(=O)[C@@H](CCC(F)(F)F)[C@@H](CCC(F)(F)F)C(=O)N[C@H]1N=C(c2ccccc2)c2ccccc2CC1=O. The van der Waals surface area contributed by atoms with Gasteiger partial charge in [-0.3, -0.25) is 33.8 Å². The number of halogens is 12. The minimum atomic E-state index is -4.75. The minimum Gasteiger partial charge on any atom is -0.369 e. The van der Waals surface area contributed by atoms with Crippen molar-refractivity contribution in [2.75, 3.05) is 11.9 Å². The molecular weight excluding hydrogens is 1060 g/mol. The summed E-state index contributed by atoms with van der Waals surface area (Å²) >= 11 is 0. The average Bonchev–Trinajstić information content (AvgIpc) is 3.55. The lowest BCUT2D eigenvalue weighted by molar-refractivity contribution is -0.152. The predicted molar refractivity (Wildman–Crippen MR) is 265 cm³/mol. The number of para-hydroxylation sites is 1. The Morgan fingerprint density at radius 1 is 0.551 bits per heavy atom.